The highest BCUT2D eigenvalue weighted by molar-refractivity contribution is 5.25. The Morgan fingerprint density at radius 3 is 2.25 bits per heavy atom. The highest BCUT2D eigenvalue weighted by Gasteiger charge is 2.24. The summed E-state index contributed by atoms with van der Waals surface area (Å²) in [6.45, 7) is 0. The predicted molar refractivity (Wildman–Crippen MR) is 52.6 cm³/mol. The van der Waals surface area contributed by atoms with Gasteiger partial charge in [-0.05, 0) is 19.3 Å². The largest absolute Gasteiger partial charge is 0.490 e. The van der Waals surface area contributed by atoms with Gasteiger partial charge >= 0.3 is 0 Å². The monoisotopic (exact) mass is 231 g/mol. The summed E-state index contributed by atoms with van der Waals surface area (Å²) in [4.78, 5) is 0. The van der Waals surface area contributed by atoms with Gasteiger partial charge in [0.25, 0.3) is 0 Å². The van der Waals surface area contributed by atoms with E-state index < -0.39 is 17.5 Å². The molecule has 1 saturated carbocycles. The molecule has 1 fully saturated rings. The van der Waals surface area contributed by atoms with E-state index in [2.05, 4.69) is 0 Å². The van der Waals surface area contributed by atoms with Crippen LogP contribution in [-0.2, 0) is 0 Å². The molecular weight excluding hydrogens is 219 g/mol. The maximum atomic E-state index is 12.9. The molecule has 0 saturated heterocycles. The SMILES string of the molecule is N[C@H]1CC[C@H](Oc2cc(F)c(F)c(F)c2)C1. The van der Waals surface area contributed by atoms with Gasteiger partial charge in [-0.1, -0.05) is 0 Å². The molecule has 1 aliphatic carbocycles. The average Bonchev–Trinajstić information content (AvgIpc) is 2.60. The molecule has 2 nitrogen and oxygen atoms in total. The van der Waals surface area contributed by atoms with Crippen molar-refractivity contribution in [2.75, 3.05) is 0 Å². The zero-order chi connectivity index (χ0) is 11.7. The van der Waals surface area contributed by atoms with Crippen molar-refractivity contribution in [1.82, 2.24) is 0 Å². The summed E-state index contributed by atoms with van der Waals surface area (Å²) >= 11 is 0. The highest BCUT2D eigenvalue weighted by Crippen LogP contribution is 2.25. The van der Waals surface area contributed by atoms with Crippen LogP contribution in [0.3, 0.4) is 0 Å². The molecule has 2 atom stereocenters. The Kier molecular flexibility index (Phi) is 3.05. The maximum absolute atomic E-state index is 12.9. The van der Waals surface area contributed by atoms with E-state index in [0.717, 1.165) is 25.0 Å². The Labute approximate surface area is 91.2 Å². The van der Waals surface area contributed by atoms with E-state index in [1.54, 1.807) is 0 Å². The molecule has 0 unspecified atom stereocenters. The van der Waals surface area contributed by atoms with Crippen LogP contribution in [0.4, 0.5) is 13.2 Å². The molecule has 5 heteroatoms. The van der Waals surface area contributed by atoms with Crippen molar-refractivity contribution in [2.24, 2.45) is 5.73 Å². The Morgan fingerprint density at radius 1 is 1.12 bits per heavy atom. The van der Waals surface area contributed by atoms with Crippen LogP contribution < -0.4 is 10.5 Å². The van der Waals surface area contributed by atoms with Crippen LogP contribution in [0.2, 0.25) is 0 Å². The van der Waals surface area contributed by atoms with E-state index in [1.807, 2.05) is 0 Å². The number of rotatable bonds is 2. The summed E-state index contributed by atoms with van der Waals surface area (Å²) in [7, 11) is 0. The molecule has 0 radical (unpaired) electrons. The maximum Gasteiger partial charge on any atom is 0.194 e. The lowest BCUT2D eigenvalue weighted by Gasteiger charge is -2.13. The van der Waals surface area contributed by atoms with Gasteiger partial charge in [0, 0.05) is 18.2 Å². The van der Waals surface area contributed by atoms with Gasteiger partial charge in [0.1, 0.15) is 11.9 Å². The first-order chi connectivity index (χ1) is 7.56. The van der Waals surface area contributed by atoms with E-state index in [1.165, 1.54) is 0 Å². The number of hydrogen-bond acceptors (Lipinski definition) is 2. The molecule has 0 aliphatic heterocycles. The van der Waals surface area contributed by atoms with Crippen molar-refractivity contribution >= 4 is 0 Å². The van der Waals surface area contributed by atoms with Gasteiger partial charge in [0.2, 0.25) is 0 Å². The topological polar surface area (TPSA) is 35.2 Å². The van der Waals surface area contributed by atoms with Crippen molar-refractivity contribution in [3.05, 3.63) is 29.6 Å². The van der Waals surface area contributed by atoms with E-state index >= 15 is 0 Å². The lowest BCUT2D eigenvalue weighted by atomic mass is 10.2. The third-order valence-electron chi connectivity index (χ3n) is 2.69. The highest BCUT2D eigenvalue weighted by atomic mass is 19.2. The van der Waals surface area contributed by atoms with Gasteiger partial charge in [-0.3, -0.25) is 0 Å². The molecule has 0 spiro atoms. The number of halogens is 3. The molecule has 1 aromatic carbocycles. The van der Waals surface area contributed by atoms with Gasteiger partial charge in [-0.15, -0.1) is 0 Å². The Hall–Kier alpha value is -1.23. The molecule has 2 N–H and O–H groups in total. The molecule has 1 aliphatic rings. The van der Waals surface area contributed by atoms with Crippen molar-refractivity contribution in [3.63, 3.8) is 0 Å². The summed E-state index contributed by atoms with van der Waals surface area (Å²) in [5, 5.41) is 0. The summed E-state index contributed by atoms with van der Waals surface area (Å²) in [5.74, 6) is -3.94. The number of benzene rings is 1. The molecule has 16 heavy (non-hydrogen) atoms. The summed E-state index contributed by atoms with van der Waals surface area (Å²) in [5.41, 5.74) is 5.67. The summed E-state index contributed by atoms with van der Waals surface area (Å²) in [6.07, 6.45) is 2.10. The number of hydrogen-bond donors (Lipinski definition) is 1. The van der Waals surface area contributed by atoms with Gasteiger partial charge < -0.3 is 10.5 Å². The van der Waals surface area contributed by atoms with Crippen LogP contribution in [0.15, 0.2) is 12.1 Å². The first-order valence-electron chi connectivity index (χ1n) is 5.13. The lowest BCUT2D eigenvalue weighted by Crippen LogP contribution is -2.19. The van der Waals surface area contributed by atoms with Gasteiger partial charge in [0.05, 0.1) is 0 Å². The van der Waals surface area contributed by atoms with Crippen LogP contribution in [-0.4, -0.2) is 12.1 Å². The third-order valence-corrected chi connectivity index (χ3v) is 2.69. The first kappa shape index (κ1) is 11.3. The third kappa shape index (κ3) is 2.29. The Bertz CT molecular complexity index is 374. The fourth-order valence-electron chi connectivity index (χ4n) is 1.87. The minimum absolute atomic E-state index is 0.00972. The van der Waals surface area contributed by atoms with Gasteiger partial charge in [-0.2, -0.15) is 0 Å². The minimum atomic E-state index is -1.48. The molecule has 0 bridgehead atoms. The van der Waals surface area contributed by atoms with E-state index in [0.29, 0.717) is 6.42 Å². The molecule has 88 valence electrons. The second-order valence-corrected chi connectivity index (χ2v) is 4.01. The van der Waals surface area contributed by atoms with Crippen molar-refractivity contribution in [3.8, 4) is 5.75 Å². The average molecular weight is 231 g/mol. The van der Waals surface area contributed by atoms with Crippen LogP contribution in [0, 0.1) is 17.5 Å². The van der Waals surface area contributed by atoms with Crippen LogP contribution in [0.1, 0.15) is 19.3 Å². The molecular formula is C11H12F3NO. The summed E-state index contributed by atoms with van der Waals surface area (Å²) < 4.78 is 43.7. The van der Waals surface area contributed by atoms with Crippen molar-refractivity contribution < 1.29 is 17.9 Å². The van der Waals surface area contributed by atoms with Gasteiger partial charge in [0.15, 0.2) is 17.5 Å². The van der Waals surface area contributed by atoms with Crippen molar-refractivity contribution in [1.29, 1.82) is 0 Å². The van der Waals surface area contributed by atoms with Crippen LogP contribution in [0.25, 0.3) is 0 Å². The predicted octanol–water partition coefficient (Wildman–Crippen LogP) is 2.36. The molecule has 0 aromatic heterocycles. The molecule has 2 rings (SSSR count). The number of ether oxygens (including phenoxy) is 1. The number of nitrogens with two attached hydrogens (primary N) is 1. The van der Waals surface area contributed by atoms with Crippen molar-refractivity contribution in [2.45, 2.75) is 31.4 Å². The summed E-state index contributed by atoms with van der Waals surface area (Å²) in [6, 6.07) is 1.77. The van der Waals surface area contributed by atoms with E-state index in [9.17, 15) is 13.2 Å². The normalized spacial score (nSPS) is 24.8. The van der Waals surface area contributed by atoms with Crippen LogP contribution in [0.5, 0.6) is 5.75 Å². The quantitative estimate of drug-likeness (QED) is 0.793. The zero-order valence-corrected chi connectivity index (χ0v) is 8.55. The van der Waals surface area contributed by atoms with Crippen LogP contribution >= 0.6 is 0 Å². The standard InChI is InChI=1S/C11H12F3NO/c12-9-4-8(5-10(13)11(9)14)16-7-2-1-6(15)3-7/h4-7H,1-3,15H2/t6-,7-/m0/s1. The first-order valence-corrected chi connectivity index (χ1v) is 5.13. The van der Waals surface area contributed by atoms with E-state index in [4.69, 9.17) is 10.5 Å². The fourth-order valence-corrected chi connectivity index (χ4v) is 1.87. The molecule has 0 heterocycles. The Morgan fingerprint density at radius 2 is 1.75 bits per heavy atom. The zero-order valence-electron chi connectivity index (χ0n) is 8.55. The minimum Gasteiger partial charge on any atom is -0.490 e. The fraction of sp³-hybridized carbons (Fsp3) is 0.455. The molecule has 1 aromatic rings. The molecule has 0 amide bonds. The van der Waals surface area contributed by atoms with E-state index in [-0.39, 0.29) is 17.9 Å². The van der Waals surface area contributed by atoms with Gasteiger partial charge in [-0.25, -0.2) is 13.2 Å². The Balaban J connectivity index is 2.10. The lowest BCUT2D eigenvalue weighted by molar-refractivity contribution is 0.205. The second kappa shape index (κ2) is 4.33. The smallest absolute Gasteiger partial charge is 0.194 e. The second-order valence-electron chi connectivity index (χ2n) is 4.01.